The highest BCUT2D eigenvalue weighted by Crippen LogP contribution is 2.10. The number of hydrogen-bond acceptors (Lipinski definition) is 2. The van der Waals surface area contributed by atoms with Crippen LogP contribution in [0.2, 0.25) is 0 Å². The SMILES string of the molecule is CC(O)C(Cl)N=Cc1ccc(Br)cc1. The second-order valence-corrected chi connectivity index (χ2v) is 4.31. The van der Waals surface area contributed by atoms with Crippen LogP contribution in [0, 0.1) is 0 Å². The van der Waals surface area contributed by atoms with E-state index in [4.69, 9.17) is 16.7 Å². The minimum Gasteiger partial charge on any atom is -0.390 e. The third kappa shape index (κ3) is 3.78. The molecule has 0 saturated carbocycles. The molecule has 1 aromatic carbocycles. The molecule has 0 bridgehead atoms. The standard InChI is InChI=1S/C10H11BrClNO/c1-7(14)10(12)13-6-8-2-4-9(11)5-3-8/h2-7,10,14H,1H3. The number of rotatable bonds is 3. The fourth-order valence-electron chi connectivity index (χ4n) is 0.831. The molecule has 0 heterocycles. The molecule has 14 heavy (non-hydrogen) atoms. The van der Waals surface area contributed by atoms with Gasteiger partial charge in [0, 0.05) is 10.7 Å². The van der Waals surface area contributed by atoms with Crippen LogP contribution >= 0.6 is 27.5 Å². The van der Waals surface area contributed by atoms with Gasteiger partial charge in [-0.05, 0) is 24.6 Å². The Hall–Kier alpha value is -0.380. The molecule has 1 aromatic rings. The van der Waals surface area contributed by atoms with Crippen molar-refractivity contribution >= 4 is 33.7 Å². The van der Waals surface area contributed by atoms with E-state index >= 15 is 0 Å². The zero-order chi connectivity index (χ0) is 10.6. The van der Waals surface area contributed by atoms with Gasteiger partial charge in [0.1, 0.15) is 5.50 Å². The van der Waals surface area contributed by atoms with E-state index in [0.29, 0.717) is 0 Å². The van der Waals surface area contributed by atoms with Crippen molar-refractivity contribution in [2.75, 3.05) is 0 Å². The highest BCUT2D eigenvalue weighted by atomic mass is 79.9. The van der Waals surface area contributed by atoms with E-state index in [0.717, 1.165) is 10.0 Å². The Bertz CT molecular complexity index is 310. The van der Waals surface area contributed by atoms with Crippen LogP contribution in [0.25, 0.3) is 0 Å². The summed E-state index contributed by atoms with van der Waals surface area (Å²) in [6, 6.07) is 7.68. The van der Waals surface area contributed by atoms with Crippen molar-refractivity contribution in [3.8, 4) is 0 Å². The maximum atomic E-state index is 9.09. The van der Waals surface area contributed by atoms with Gasteiger partial charge in [0.05, 0.1) is 6.10 Å². The number of nitrogens with zero attached hydrogens (tertiary/aromatic N) is 1. The van der Waals surface area contributed by atoms with Crippen molar-refractivity contribution in [1.82, 2.24) is 0 Å². The summed E-state index contributed by atoms with van der Waals surface area (Å²) in [5.41, 5.74) is 0.373. The van der Waals surface area contributed by atoms with Crippen molar-refractivity contribution in [2.45, 2.75) is 18.5 Å². The molecule has 2 nitrogen and oxygen atoms in total. The molecule has 1 N–H and O–H groups in total. The van der Waals surface area contributed by atoms with Gasteiger partial charge >= 0.3 is 0 Å². The third-order valence-corrected chi connectivity index (χ3v) is 2.64. The quantitative estimate of drug-likeness (QED) is 0.514. The average molecular weight is 277 g/mol. The molecule has 1 rings (SSSR count). The van der Waals surface area contributed by atoms with Gasteiger partial charge in [0.25, 0.3) is 0 Å². The summed E-state index contributed by atoms with van der Waals surface area (Å²) in [5.74, 6) is 0. The van der Waals surface area contributed by atoms with E-state index in [2.05, 4.69) is 20.9 Å². The van der Waals surface area contributed by atoms with Gasteiger partial charge in [-0.3, -0.25) is 4.99 Å². The van der Waals surface area contributed by atoms with Crippen LogP contribution in [0.15, 0.2) is 33.7 Å². The minimum atomic E-state index is -0.636. The Morgan fingerprint density at radius 3 is 2.50 bits per heavy atom. The van der Waals surface area contributed by atoms with Crippen molar-refractivity contribution in [1.29, 1.82) is 0 Å². The monoisotopic (exact) mass is 275 g/mol. The van der Waals surface area contributed by atoms with E-state index in [-0.39, 0.29) is 0 Å². The number of aliphatic hydroxyl groups excluding tert-OH is 1. The molecule has 0 aliphatic rings. The molecule has 0 fully saturated rings. The van der Waals surface area contributed by atoms with Gasteiger partial charge in [-0.1, -0.05) is 39.7 Å². The van der Waals surface area contributed by atoms with Crippen molar-refractivity contribution in [3.63, 3.8) is 0 Å². The Labute approximate surface area is 96.8 Å². The zero-order valence-electron chi connectivity index (χ0n) is 7.69. The van der Waals surface area contributed by atoms with E-state index < -0.39 is 11.6 Å². The number of aliphatic imine (C=N–C) groups is 1. The van der Waals surface area contributed by atoms with E-state index in [1.807, 2.05) is 24.3 Å². The zero-order valence-corrected chi connectivity index (χ0v) is 10.0. The largest absolute Gasteiger partial charge is 0.390 e. The second kappa shape index (κ2) is 5.49. The average Bonchev–Trinajstić information content (AvgIpc) is 2.16. The van der Waals surface area contributed by atoms with Crippen molar-refractivity contribution in [3.05, 3.63) is 34.3 Å². The Kier molecular flexibility index (Phi) is 4.58. The molecule has 0 aliphatic heterocycles. The van der Waals surface area contributed by atoms with Crippen molar-refractivity contribution in [2.24, 2.45) is 4.99 Å². The van der Waals surface area contributed by atoms with Crippen molar-refractivity contribution < 1.29 is 5.11 Å². The topological polar surface area (TPSA) is 32.6 Å². The predicted molar refractivity (Wildman–Crippen MR) is 63.1 cm³/mol. The number of alkyl halides is 1. The lowest BCUT2D eigenvalue weighted by molar-refractivity contribution is 0.191. The van der Waals surface area contributed by atoms with E-state index in [1.54, 1.807) is 13.1 Å². The number of benzene rings is 1. The molecule has 0 aromatic heterocycles. The van der Waals surface area contributed by atoms with E-state index in [9.17, 15) is 0 Å². The molecular formula is C10H11BrClNO. The predicted octanol–water partition coefficient (Wildman–Crippen LogP) is 2.81. The van der Waals surface area contributed by atoms with Gasteiger partial charge in [0.2, 0.25) is 0 Å². The van der Waals surface area contributed by atoms with Crippen LogP contribution < -0.4 is 0 Å². The van der Waals surface area contributed by atoms with Gasteiger partial charge < -0.3 is 5.11 Å². The van der Waals surface area contributed by atoms with Crippen LogP contribution in [0.3, 0.4) is 0 Å². The summed E-state index contributed by atoms with van der Waals surface area (Å²) in [4.78, 5) is 4.00. The second-order valence-electron chi connectivity index (χ2n) is 2.94. The van der Waals surface area contributed by atoms with Crippen LogP contribution in [-0.2, 0) is 0 Å². The highest BCUT2D eigenvalue weighted by molar-refractivity contribution is 9.10. The minimum absolute atomic E-state index is 0.585. The third-order valence-electron chi connectivity index (χ3n) is 1.63. The fraction of sp³-hybridized carbons (Fsp3) is 0.300. The molecule has 4 heteroatoms. The first-order valence-electron chi connectivity index (χ1n) is 4.20. The highest BCUT2D eigenvalue weighted by Gasteiger charge is 2.06. The molecule has 0 amide bonds. The number of aliphatic hydroxyl groups is 1. The Morgan fingerprint density at radius 2 is 2.00 bits per heavy atom. The molecule has 0 aliphatic carbocycles. The molecular weight excluding hydrogens is 265 g/mol. The lowest BCUT2D eigenvalue weighted by atomic mass is 10.2. The molecule has 2 atom stereocenters. The Balaban J connectivity index is 2.64. The molecule has 0 spiro atoms. The smallest absolute Gasteiger partial charge is 0.149 e. The maximum Gasteiger partial charge on any atom is 0.149 e. The van der Waals surface area contributed by atoms with Gasteiger partial charge in [-0.2, -0.15) is 0 Å². The van der Waals surface area contributed by atoms with Gasteiger partial charge in [0.15, 0.2) is 0 Å². The van der Waals surface area contributed by atoms with Crippen LogP contribution in [0.4, 0.5) is 0 Å². The van der Waals surface area contributed by atoms with Gasteiger partial charge in [-0.25, -0.2) is 0 Å². The summed E-state index contributed by atoms with van der Waals surface area (Å²) < 4.78 is 1.02. The molecule has 2 unspecified atom stereocenters. The van der Waals surface area contributed by atoms with Gasteiger partial charge in [-0.15, -0.1) is 0 Å². The van der Waals surface area contributed by atoms with E-state index in [1.165, 1.54) is 0 Å². The molecule has 0 radical (unpaired) electrons. The Morgan fingerprint density at radius 1 is 1.43 bits per heavy atom. The normalized spacial score (nSPS) is 15.7. The first-order chi connectivity index (χ1) is 6.59. The van der Waals surface area contributed by atoms with Crippen LogP contribution in [0.1, 0.15) is 12.5 Å². The summed E-state index contributed by atoms with van der Waals surface area (Å²) in [5, 5.41) is 9.09. The summed E-state index contributed by atoms with van der Waals surface area (Å²) in [7, 11) is 0. The lowest BCUT2D eigenvalue weighted by Crippen LogP contribution is -2.13. The fourth-order valence-corrected chi connectivity index (χ4v) is 1.15. The summed E-state index contributed by atoms with van der Waals surface area (Å²) in [6.45, 7) is 1.61. The molecule has 0 saturated heterocycles. The molecule has 76 valence electrons. The lowest BCUT2D eigenvalue weighted by Gasteiger charge is -2.05. The summed E-state index contributed by atoms with van der Waals surface area (Å²) in [6.07, 6.45) is 1.01. The summed E-state index contributed by atoms with van der Waals surface area (Å²) >= 11 is 9.08. The first-order valence-corrected chi connectivity index (χ1v) is 5.43. The maximum absolute atomic E-state index is 9.09. The first kappa shape index (κ1) is 11.7. The van der Waals surface area contributed by atoms with Crippen LogP contribution in [-0.4, -0.2) is 22.9 Å². The van der Waals surface area contributed by atoms with Crippen LogP contribution in [0.5, 0.6) is 0 Å². The number of halogens is 2. The number of hydrogen-bond donors (Lipinski definition) is 1.